The standard InChI is InChI=1S/C12H14N2O4S3/c1-21(17,18)9-4-5-11(10(8-9)14(15)16)20-12(19)13-6-2-3-7-13/h4-5,8H,2-3,6-7H2,1H3. The van der Waals surface area contributed by atoms with Gasteiger partial charge < -0.3 is 4.90 Å². The molecular weight excluding hydrogens is 332 g/mol. The average Bonchev–Trinajstić information content (AvgIpc) is 2.91. The predicted molar refractivity (Wildman–Crippen MR) is 85.5 cm³/mol. The van der Waals surface area contributed by atoms with Crippen LogP contribution in [0.5, 0.6) is 0 Å². The molecule has 0 amide bonds. The first kappa shape index (κ1) is 16.2. The summed E-state index contributed by atoms with van der Waals surface area (Å²) >= 11 is 6.43. The summed E-state index contributed by atoms with van der Waals surface area (Å²) in [4.78, 5) is 12.9. The lowest BCUT2D eigenvalue weighted by Gasteiger charge is -2.17. The maximum atomic E-state index is 11.5. The third-order valence-corrected chi connectivity index (χ3v) is 5.73. The molecule has 1 aromatic rings. The van der Waals surface area contributed by atoms with Gasteiger partial charge in [0, 0.05) is 25.4 Å². The molecule has 0 saturated carbocycles. The summed E-state index contributed by atoms with van der Waals surface area (Å²) in [6, 6.07) is 3.91. The Bertz CT molecular complexity index is 682. The highest BCUT2D eigenvalue weighted by Crippen LogP contribution is 2.33. The van der Waals surface area contributed by atoms with Crippen molar-refractivity contribution in [3.8, 4) is 0 Å². The van der Waals surface area contributed by atoms with Gasteiger partial charge in [0.2, 0.25) is 0 Å². The van der Waals surface area contributed by atoms with Gasteiger partial charge in [0.1, 0.15) is 4.32 Å². The Morgan fingerprint density at radius 2 is 2.00 bits per heavy atom. The summed E-state index contributed by atoms with van der Waals surface area (Å²) in [5.41, 5.74) is -0.232. The quantitative estimate of drug-likeness (QED) is 0.360. The van der Waals surface area contributed by atoms with E-state index in [-0.39, 0.29) is 10.6 Å². The van der Waals surface area contributed by atoms with Crippen LogP contribution in [0.2, 0.25) is 0 Å². The number of hydrogen-bond acceptors (Lipinski definition) is 6. The molecule has 1 saturated heterocycles. The molecule has 1 aliphatic rings. The molecule has 0 aliphatic carbocycles. The van der Waals surface area contributed by atoms with Crippen LogP contribution >= 0.6 is 24.0 Å². The fraction of sp³-hybridized carbons (Fsp3) is 0.417. The Balaban J connectivity index is 2.30. The van der Waals surface area contributed by atoms with E-state index >= 15 is 0 Å². The lowest BCUT2D eigenvalue weighted by molar-refractivity contribution is -0.387. The van der Waals surface area contributed by atoms with Gasteiger partial charge in [-0.05, 0) is 25.0 Å². The van der Waals surface area contributed by atoms with E-state index in [9.17, 15) is 18.5 Å². The molecule has 1 aliphatic heterocycles. The van der Waals surface area contributed by atoms with Crippen molar-refractivity contribution in [2.24, 2.45) is 0 Å². The van der Waals surface area contributed by atoms with Crippen molar-refractivity contribution in [3.05, 3.63) is 28.3 Å². The second-order valence-corrected chi connectivity index (χ2v) is 8.41. The smallest absolute Gasteiger partial charge is 0.284 e. The molecule has 0 bridgehead atoms. The Morgan fingerprint density at radius 3 is 2.52 bits per heavy atom. The predicted octanol–water partition coefficient (Wildman–Crippen LogP) is 2.47. The van der Waals surface area contributed by atoms with Gasteiger partial charge in [-0.15, -0.1) is 0 Å². The molecule has 114 valence electrons. The highest BCUT2D eigenvalue weighted by atomic mass is 32.2. The van der Waals surface area contributed by atoms with E-state index in [0.717, 1.165) is 50.0 Å². The lowest BCUT2D eigenvalue weighted by Crippen LogP contribution is -2.23. The normalized spacial score (nSPS) is 15.2. The van der Waals surface area contributed by atoms with E-state index in [1.807, 2.05) is 4.90 Å². The molecule has 1 heterocycles. The lowest BCUT2D eigenvalue weighted by atomic mass is 10.3. The van der Waals surface area contributed by atoms with Crippen LogP contribution in [0.4, 0.5) is 5.69 Å². The van der Waals surface area contributed by atoms with Crippen LogP contribution in [-0.2, 0) is 9.84 Å². The first-order chi connectivity index (χ1) is 9.79. The van der Waals surface area contributed by atoms with Gasteiger partial charge in [-0.3, -0.25) is 10.1 Å². The summed E-state index contributed by atoms with van der Waals surface area (Å²) in [7, 11) is -3.48. The number of nitro benzene ring substituents is 1. The van der Waals surface area contributed by atoms with E-state index < -0.39 is 14.8 Å². The fourth-order valence-corrected chi connectivity index (χ4v) is 3.98. The van der Waals surface area contributed by atoms with E-state index in [2.05, 4.69) is 0 Å². The molecule has 0 atom stereocenters. The third kappa shape index (κ3) is 3.92. The molecule has 0 spiro atoms. The molecule has 9 heteroatoms. The minimum atomic E-state index is -3.48. The molecule has 1 fully saturated rings. The van der Waals surface area contributed by atoms with Gasteiger partial charge in [0.25, 0.3) is 5.69 Å². The zero-order valence-corrected chi connectivity index (χ0v) is 13.8. The summed E-state index contributed by atoms with van der Waals surface area (Å²) in [5.74, 6) is 0. The molecule has 1 aromatic carbocycles. The fourth-order valence-electron chi connectivity index (χ4n) is 2.02. The van der Waals surface area contributed by atoms with Crippen LogP contribution in [0, 0.1) is 10.1 Å². The first-order valence-corrected chi connectivity index (χ1v) is 9.36. The second-order valence-electron chi connectivity index (χ2n) is 4.72. The maximum absolute atomic E-state index is 11.5. The van der Waals surface area contributed by atoms with Crippen molar-refractivity contribution in [2.75, 3.05) is 19.3 Å². The van der Waals surface area contributed by atoms with Gasteiger partial charge >= 0.3 is 0 Å². The van der Waals surface area contributed by atoms with E-state index in [1.165, 1.54) is 12.1 Å². The Hall–Kier alpha value is -1.19. The van der Waals surface area contributed by atoms with Crippen molar-refractivity contribution in [3.63, 3.8) is 0 Å². The zero-order valence-electron chi connectivity index (χ0n) is 11.3. The minimum absolute atomic E-state index is 0.0642. The van der Waals surface area contributed by atoms with Gasteiger partial charge in [0.15, 0.2) is 9.84 Å². The largest absolute Gasteiger partial charge is 0.357 e. The Labute approximate surface area is 132 Å². The number of nitro groups is 1. The number of thiocarbonyl (C=S) groups is 1. The minimum Gasteiger partial charge on any atom is -0.357 e. The maximum Gasteiger partial charge on any atom is 0.284 e. The van der Waals surface area contributed by atoms with Crippen molar-refractivity contribution in [1.82, 2.24) is 4.90 Å². The molecule has 2 rings (SSSR count). The molecule has 0 unspecified atom stereocenters. The molecule has 21 heavy (non-hydrogen) atoms. The monoisotopic (exact) mass is 346 g/mol. The SMILES string of the molecule is CS(=O)(=O)c1ccc(SC(=S)N2CCCC2)c([N+](=O)[O-])c1. The van der Waals surface area contributed by atoms with E-state index in [0.29, 0.717) is 9.22 Å². The molecule has 0 N–H and O–H groups in total. The number of thioether (sulfide) groups is 1. The Morgan fingerprint density at radius 1 is 1.38 bits per heavy atom. The van der Waals surface area contributed by atoms with Crippen LogP contribution in [0.25, 0.3) is 0 Å². The highest BCUT2D eigenvalue weighted by Gasteiger charge is 2.22. The topological polar surface area (TPSA) is 80.5 Å². The number of sulfone groups is 1. The van der Waals surface area contributed by atoms with Crippen LogP contribution in [0.3, 0.4) is 0 Å². The summed E-state index contributed by atoms with van der Waals surface area (Å²) in [6.45, 7) is 1.72. The molecule has 0 aromatic heterocycles. The van der Waals surface area contributed by atoms with Gasteiger partial charge in [-0.25, -0.2) is 8.42 Å². The van der Waals surface area contributed by atoms with Crippen molar-refractivity contribution in [1.29, 1.82) is 0 Å². The molecule has 6 nitrogen and oxygen atoms in total. The number of rotatable bonds is 3. The first-order valence-electron chi connectivity index (χ1n) is 6.24. The van der Waals surface area contributed by atoms with Crippen molar-refractivity contribution in [2.45, 2.75) is 22.6 Å². The summed E-state index contributed by atoms with van der Waals surface area (Å²) in [6.07, 6.45) is 3.15. The molecule has 0 radical (unpaired) electrons. The highest BCUT2D eigenvalue weighted by molar-refractivity contribution is 8.23. The number of nitrogens with zero attached hydrogens (tertiary/aromatic N) is 2. The average molecular weight is 346 g/mol. The molecular formula is C12H14N2O4S3. The van der Waals surface area contributed by atoms with Crippen LogP contribution in [0.15, 0.2) is 28.0 Å². The number of likely N-dealkylation sites (tertiary alicyclic amines) is 1. The van der Waals surface area contributed by atoms with Gasteiger partial charge in [-0.2, -0.15) is 0 Å². The number of hydrogen-bond donors (Lipinski definition) is 0. The van der Waals surface area contributed by atoms with Crippen LogP contribution in [-0.4, -0.2) is 41.9 Å². The van der Waals surface area contributed by atoms with Gasteiger partial charge in [-0.1, -0.05) is 24.0 Å². The van der Waals surface area contributed by atoms with Crippen LogP contribution in [0.1, 0.15) is 12.8 Å². The third-order valence-electron chi connectivity index (χ3n) is 3.12. The van der Waals surface area contributed by atoms with Crippen molar-refractivity contribution < 1.29 is 13.3 Å². The zero-order chi connectivity index (χ0) is 15.6. The van der Waals surface area contributed by atoms with Crippen LogP contribution < -0.4 is 0 Å². The van der Waals surface area contributed by atoms with Crippen molar-refractivity contribution >= 4 is 43.8 Å². The van der Waals surface area contributed by atoms with E-state index in [1.54, 1.807) is 0 Å². The summed E-state index contributed by atoms with van der Waals surface area (Å²) < 4.78 is 23.6. The van der Waals surface area contributed by atoms with E-state index in [4.69, 9.17) is 12.2 Å². The Kier molecular flexibility index (Phi) is 4.84. The number of benzene rings is 1. The van der Waals surface area contributed by atoms with Gasteiger partial charge in [0.05, 0.1) is 14.7 Å². The summed E-state index contributed by atoms with van der Waals surface area (Å²) in [5, 5.41) is 11.1. The second kappa shape index (κ2) is 6.29.